The number of amides is 1. The highest BCUT2D eigenvalue weighted by Crippen LogP contribution is 2.34. The smallest absolute Gasteiger partial charge is 0.260 e. The van der Waals surface area contributed by atoms with Crippen molar-refractivity contribution in [3.63, 3.8) is 0 Å². The minimum Gasteiger partial charge on any atom is -0.496 e. The molecule has 0 bridgehead atoms. The second-order valence-electron chi connectivity index (χ2n) is 5.41. The summed E-state index contributed by atoms with van der Waals surface area (Å²) in [6.07, 6.45) is 0. The van der Waals surface area contributed by atoms with Crippen molar-refractivity contribution in [1.29, 1.82) is 0 Å². The summed E-state index contributed by atoms with van der Waals surface area (Å²) < 4.78 is 12.6. The number of ether oxygens (including phenoxy) is 2. The lowest BCUT2D eigenvalue weighted by molar-refractivity contribution is -0.132. The maximum absolute atomic E-state index is 12.3. The fraction of sp³-hybridized carbons (Fsp3) is 0.278. The molecular formula is C18H19Br2NO3. The summed E-state index contributed by atoms with van der Waals surface area (Å²) in [5, 5.41) is 0. The molecule has 0 radical (unpaired) electrons. The highest BCUT2D eigenvalue weighted by Gasteiger charge is 2.15. The average Bonchev–Trinajstić information content (AvgIpc) is 2.54. The summed E-state index contributed by atoms with van der Waals surface area (Å²) in [5.74, 6) is 1.28. The molecule has 4 nitrogen and oxygen atoms in total. The van der Waals surface area contributed by atoms with E-state index in [9.17, 15) is 4.79 Å². The van der Waals surface area contributed by atoms with Gasteiger partial charge in [0.2, 0.25) is 0 Å². The molecule has 2 aromatic rings. The lowest BCUT2D eigenvalue weighted by atomic mass is 10.2. The van der Waals surface area contributed by atoms with Crippen molar-refractivity contribution in [3.8, 4) is 11.5 Å². The van der Waals surface area contributed by atoms with Crippen LogP contribution in [0.3, 0.4) is 0 Å². The topological polar surface area (TPSA) is 38.8 Å². The van der Waals surface area contributed by atoms with Crippen LogP contribution >= 0.6 is 31.9 Å². The molecule has 2 rings (SSSR count). The summed E-state index contributed by atoms with van der Waals surface area (Å²) in [6.45, 7) is 2.42. The van der Waals surface area contributed by atoms with E-state index < -0.39 is 0 Å². The number of methoxy groups -OCH3 is 1. The summed E-state index contributed by atoms with van der Waals surface area (Å²) in [4.78, 5) is 14.0. The molecule has 0 aliphatic carbocycles. The third-order valence-electron chi connectivity index (χ3n) is 3.51. The zero-order valence-electron chi connectivity index (χ0n) is 13.8. The lowest BCUT2D eigenvalue weighted by Crippen LogP contribution is -2.31. The van der Waals surface area contributed by atoms with E-state index in [2.05, 4.69) is 31.9 Å². The molecule has 0 atom stereocenters. The summed E-state index contributed by atoms with van der Waals surface area (Å²) in [7, 11) is 3.37. The van der Waals surface area contributed by atoms with Crippen molar-refractivity contribution in [2.75, 3.05) is 20.8 Å². The van der Waals surface area contributed by atoms with E-state index in [0.29, 0.717) is 12.3 Å². The molecule has 1 amide bonds. The van der Waals surface area contributed by atoms with Crippen LogP contribution < -0.4 is 9.47 Å². The van der Waals surface area contributed by atoms with E-state index in [4.69, 9.17) is 9.47 Å². The average molecular weight is 457 g/mol. The molecule has 0 saturated carbocycles. The Balaban J connectivity index is 2.00. The fourth-order valence-electron chi connectivity index (χ4n) is 2.25. The van der Waals surface area contributed by atoms with Crippen LogP contribution in [0.4, 0.5) is 0 Å². The SMILES string of the molecule is COc1ccccc1CN(C)C(=O)COc1c(Br)cc(C)cc1Br. The van der Waals surface area contributed by atoms with Crippen molar-refractivity contribution >= 4 is 37.8 Å². The Labute approximate surface area is 159 Å². The molecule has 0 fully saturated rings. The Morgan fingerprint density at radius 1 is 1.17 bits per heavy atom. The van der Waals surface area contributed by atoms with Gasteiger partial charge in [-0.15, -0.1) is 0 Å². The Hall–Kier alpha value is -1.53. The molecule has 0 heterocycles. The molecule has 0 unspecified atom stereocenters. The van der Waals surface area contributed by atoms with Crippen LogP contribution in [0.15, 0.2) is 45.3 Å². The molecule has 0 spiro atoms. The van der Waals surface area contributed by atoms with E-state index in [1.165, 1.54) is 0 Å². The van der Waals surface area contributed by atoms with Gasteiger partial charge in [-0.3, -0.25) is 4.79 Å². The molecule has 2 aromatic carbocycles. The van der Waals surface area contributed by atoms with E-state index in [-0.39, 0.29) is 12.5 Å². The van der Waals surface area contributed by atoms with Crippen LogP contribution in [-0.4, -0.2) is 31.6 Å². The third kappa shape index (κ3) is 4.74. The molecule has 0 N–H and O–H groups in total. The Morgan fingerprint density at radius 2 is 1.79 bits per heavy atom. The highest BCUT2D eigenvalue weighted by molar-refractivity contribution is 9.11. The predicted octanol–water partition coefficient (Wildman–Crippen LogP) is 4.57. The maximum Gasteiger partial charge on any atom is 0.260 e. The first-order valence-electron chi connectivity index (χ1n) is 7.36. The maximum atomic E-state index is 12.3. The van der Waals surface area contributed by atoms with E-state index >= 15 is 0 Å². The lowest BCUT2D eigenvalue weighted by Gasteiger charge is -2.19. The molecule has 128 valence electrons. The van der Waals surface area contributed by atoms with Gasteiger partial charge in [0.05, 0.1) is 16.1 Å². The van der Waals surface area contributed by atoms with Crippen molar-refractivity contribution in [2.45, 2.75) is 13.5 Å². The van der Waals surface area contributed by atoms with Crippen molar-refractivity contribution in [1.82, 2.24) is 4.90 Å². The molecule has 0 saturated heterocycles. The van der Waals surface area contributed by atoms with Crippen LogP contribution in [-0.2, 0) is 11.3 Å². The highest BCUT2D eigenvalue weighted by atomic mass is 79.9. The van der Waals surface area contributed by atoms with Gasteiger partial charge in [-0.2, -0.15) is 0 Å². The third-order valence-corrected chi connectivity index (χ3v) is 4.69. The first-order valence-corrected chi connectivity index (χ1v) is 8.95. The molecule has 0 aromatic heterocycles. The zero-order chi connectivity index (χ0) is 17.7. The minimum absolute atomic E-state index is 0.0358. The number of nitrogens with zero attached hydrogens (tertiary/aromatic N) is 1. The second kappa shape index (κ2) is 8.53. The van der Waals surface area contributed by atoms with E-state index in [0.717, 1.165) is 25.8 Å². The number of hydrogen-bond acceptors (Lipinski definition) is 3. The first kappa shape index (κ1) is 18.8. The van der Waals surface area contributed by atoms with Crippen LogP contribution in [0, 0.1) is 6.92 Å². The van der Waals surface area contributed by atoms with Gasteiger partial charge in [0, 0.05) is 19.2 Å². The number of carbonyl (C=O) groups excluding carboxylic acids is 1. The monoisotopic (exact) mass is 455 g/mol. The second-order valence-corrected chi connectivity index (χ2v) is 7.12. The fourth-order valence-corrected chi connectivity index (χ4v) is 3.89. The van der Waals surface area contributed by atoms with Gasteiger partial charge in [0.15, 0.2) is 6.61 Å². The van der Waals surface area contributed by atoms with Gasteiger partial charge in [0.25, 0.3) is 5.91 Å². The summed E-state index contributed by atoms with van der Waals surface area (Å²) >= 11 is 6.92. The Morgan fingerprint density at radius 3 is 2.42 bits per heavy atom. The van der Waals surface area contributed by atoms with Crippen LogP contribution in [0.25, 0.3) is 0 Å². The summed E-state index contributed by atoms with van der Waals surface area (Å²) in [5.41, 5.74) is 2.05. The predicted molar refractivity (Wildman–Crippen MR) is 102 cm³/mol. The quantitative estimate of drug-likeness (QED) is 0.639. The number of aryl methyl sites for hydroxylation is 1. The number of para-hydroxylation sites is 1. The number of likely N-dealkylation sites (N-methyl/N-ethyl adjacent to an activating group) is 1. The molecular weight excluding hydrogens is 438 g/mol. The number of carbonyl (C=O) groups is 1. The minimum atomic E-state index is -0.111. The zero-order valence-corrected chi connectivity index (χ0v) is 17.0. The van der Waals surface area contributed by atoms with Gasteiger partial charge in [-0.25, -0.2) is 0 Å². The van der Waals surface area contributed by atoms with Crippen LogP contribution in [0.5, 0.6) is 11.5 Å². The molecule has 0 aliphatic heterocycles. The Bertz CT molecular complexity index is 711. The van der Waals surface area contributed by atoms with Crippen molar-refractivity contribution < 1.29 is 14.3 Å². The Kier molecular flexibility index (Phi) is 6.69. The number of rotatable bonds is 6. The number of halogens is 2. The van der Waals surface area contributed by atoms with Crippen LogP contribution in [0.2, 0.25) is 0 Å². The standard InChI is InChI=1S/C18H19Br2NO3/c1-12-8-14(19)18(15(20)9-12)24-11-17(22)21(2)10-13-6-4-5-7-16(13)23-3/h4-9H,10-11H2,1-3H3. The van der Waals surface area contributed by atoms with Gasteiger partial charge in [0.1, 0.15) is 11.5 Å². The van der Waals surface area contributed by atoms with Gasteiger partial charge < -0.3 is 14.4 Å². The van der Waals surface area contributed by atoms with Crippen molar-refractivity contribution in [3.05, 3.63) is 56.5 Å². The van der Waals surface area contributed by atoms with Crippen LogP contribution in [0.1, 0.15) is 11.1 Å². The van der Waals surface area contributed by atoms with E-state index in [1.54, 1.807) is 19.1 Å². The van der Waals surface area contributed by atoms with Gasteiger partial charge in [-0.1, -0.05) is 18.2 Å². The molecule has 6 heteroatoms. The first-order chi connectivity index (χ1) is 11.4. The van der Waals surface area contributed by atoms with Crippen molar-refractivity contribution in [2.24, 2.45) is 0 Å². The van der Waals surface area contributed by atoms with Gasteiger partial charge in [-0.05, 0) is 62.5 Å². The summed E-state index contributed by atoms with van der Waals surface area (Å²) in [6, 6.07) is 11.5. The number of hydrogen-bond donors (Lipinski definition) is 0. The van der Waals surface area contributed by atoms with E-state index in [1.807, 2.05) is 43.3 Å². The normalized spacial score (nSPS) is 10.4. The van der Waals surface area contributed by atoms with Gasteiger partial charge >= 0.3 is 0 Å². The largest absolute Gasteiger partial charge is 0.496 e. The molecule has 0 aliphatic rings. The molecule has 24 heavy (non-hydrogen) atoms. The number of benzene rings is 2.